The van der Waals surface area contributed by atoms with Gasteiger partial charge < -0.3 is 11.1 Å². The predicted octanol–water partition coefficient (Wildman–Crippen LogP) is 3.15. The summed E-state index contributed by atoms with van der Waals surface area (Å²) in [4.78, 5) is 16.3. The van der Waals surface area contributed by atoms with Crippen molar-refractivity contribution in [2.75, 3.05) is 19.6 Å². The second kappa shape index (κ2) is 8.27. The van der Waals surface area contributed by atoms with Crippen molar-refractivity contribution < 1.29 is 4.79 Å². The molecule has 2 heterocycles. The number of likely N-dealkylation sites (tertiary alicyclic amines) is 1. The van der Waals surface area contributed by atoms with Gasteiger partial charge in [0.25, 0.3) is 0 Å². The first-order chi connectivity index (χ1) is 10.9. The Kier molecular flexibility index (Phi) is 6.62. The van der Waals surface area contributed by atoms with E-state index >= 15 is 0 Å². The zero-order valence-corrected chi connectivity index (χ0v) is 15.5. The van der Waals surface area contributed by atoms with Gasteiger partial charge in [-0.05, 0) is 56.6 Å². The van der Waals surface area contributed by atoms with Crippen LogP contribution in [-0.4, -0.2) is 36.0 Å². The molecule has 2 rings (SSSR count). The maximum atomic E-state index is 12.4. The van der Waals surface area contributed by atoms with Crippen LogP contribution in [0, 0.1) is 5.92 Å². The van der Waals surface area contributed by atoms with Crippen LogP contribution in [0.15, 0.2) is 17.5 Å². The Labute approximate surface area is 144 Å². The molecule has 5 heteroatoms. The quantitative estimate of drug-likeness (QED) is 0.803. The van der Waals surface area contributed by atoms with Crippen molar-refractivity contribution >= 4 is 17.2 Å². The Bertz CT molecular complexity index is 478. The first kappa shape index (κ1) is 18.4. The van der Waals surface area contributed by atoms with Crippen LogP contribution in [0.5, 0.6) is 0 Å². The fourth-order valence-corrected chi connectivity index (χ4v) is 4.12. The van der Waals surface area contributed by atoms with Gasteiger partial charge >= 0.3 is 0 Å². The molecule has 0 saturated carbocycles. The predicted molar refractivity (Wildman–Crippen MR) is 97.5 cm³/mol. The summed E-state index contributed by atoms with van der Waals surface area (Å²) in [7, 11) is 0. The molecule has 1 aliphatic rings. The molecule has 0 aliphatic carbocycles. The SMILES string of the molecule is CCCC(C)(N)C(=O)NCC(c1cccs1)N1CCC(C)CC1. The van der Waals surface area contributed by atoms with Crippen LogP contribution in [0.2, 0.25) is 0 Å². The van der Waals surface area contributed by atoms with E-state index in [-0.39, 0.29) is 11.9 Å². The molecule has 1 aromatic rings. The van der Waals surface area contributed by atoms with Crippen molar-refractivity contribution in [3.05, 3.63) is 22.4 Å². The third-order valence-electron chi connectivity index (χ3n) is 4.87. The minimum absolute atomic E-state index is 0.0358. The summed E-state index contributed by atoms with van der Waals surface area (Å²) in [6, 6.07) is 4.53. The summed E-state index contributed by atoms with van der Waals surface area (Å²) in [6.07, 6.45) is 4.10. The largest absolute Gasteiger partial charge is 0.353 e. The number of piperidine rings is 1. The lowest BCUT2D eigenvalue weighted by Gasteiger charge is -2.37. The van der Waals surface area contributed by atoms with Gasteiger partial charge in [0.05, 0.1) is 11.6 Å². The number of nitrogens with one attached hydrogen (secondary N) is 1. The minimum atomic E-state index is -0.773. The van der Waals surface area contributed by atoms with Crippen LogP contribution >= 0.6 is 11.3 Å². The van der Waals surface area contributed by atoms with Gasteiger partial charge in [-0.25, -0.2) is 0 Å². The van der Waals surface area contributed by atoms with Gasteiger partial charge in [0.2, 0.25) is 5.91 Å². The van der Waals surface area contributed by atoms with Gasteiger partial charge in [-0.1, -0.05) is 26.3 Å². The number of carbonyl (C=O) groups excluding carboxylic acids is 1. The molecule has 1 saturated heterocycles. The molecule has 1 fully saturated rings. The van der Waals surface area contributed by atoms with Gasteiger partial charge in [0.15, 0.2) is 0 Å². The number of hydrogen-bond donors (Lipinski definition) is 2. The zero-order chi connectivity index (χ0) is 16.9. The number of nitrogens with two attached hydrogens (primary N) is 1. The summed E-state index contributed by atoms with van der Waals surface area (Å²) in [5, 5.41) is 5.22. The highest BCUT2D eigenvalue weighted by Gasteiger charge is 2.30. The summed E-state index contributed by atoms with van der Waals surface area (Å²) in [6.45, 7) is 9.06. The molecule has 2 atom stereocenters. The lowest BCUT2D eigenvalue weighted by atomic mass is 9.96. The van der Waals surface area contributed by atoms with Crippen LogP contribution in [0.3, 0.4) is 0 Å². The number of hydrogen-bond acceptors (Lipinski definition) is 4. The van der Waals surface area contributed by atoms with E-state index in [0.717, 1.165) is 25.4 Å². The van der Waals surface area contributed by atoms with Crippen molar-refractivity contribution in [1.29, 1.82) is 0 Å². The second-order valence-corrected chi connectivity index (χ2v) is 8.11. The molecule has 3 N–H and O–H groups in total. The molecule has 4 nitrogen and oxygen atoms in total. The maximum absolute atomic E-state index is 12.4. The molecule has 130 valence electrons. The summed E-state index contributed by atoms with van der Waals surface area (Å²) in [5.41, 5.74) is 5.38. The van der Waals surface area contributed by atoms with E-state index < -0.39 is 5.54 Å². The van der Waals surface area contributed by atoms with Crippen LogP contribution in [-0.2, 0) is 4.79 Å². The van der Waals surface area contributed by atoms with Gasteiger partial charge in [-0.2, -0.15) is 0 Å². The van der Waals surface area contributed by atoms with Crippen LogP contribution in [0.1, 0.15) is 57.4 Å². The average molecular weight is 338 g/mol. The topological polar surface area (TPSA) is 58.4 Å². The fourth-order valence-electron chi connectivity index (χ4n) is 3.25. The normalized spacial score (nSPS) is 20.9. The maximum Gasteiger partial charge on any atom is 0.239 e. The highest BCUT2D eigenvalue weighted by Crippen LogP contribution is 2.29. The average Bonchev–Trinajstić information content (AvgIpc) is 3.03. The molecule has 0 bridgehead atoms. The fraction of sp³-hybridized carbons (Fsp3) is 0.722. The molecular weight excluding hydrogens is 306 g/mol. The summed E-state index contributed by atoms with van der Waals surface area (Å²) in [5.74, 6) is 0.771. The molecule has 2 unspecified atom stereocenters. The van der Waals surface area contributed by atoms with Gasteiger partial charge in [-0.15, -0.1) is 11.3 Å². The van der Waals surface area contributed by atoms with E-state index in [9.17, 15) is 4.79 Å². The third kappa shape index (κ3) is 5.03. The molecule has 1 aromatic heterocycles. The number of amides is 1. The van der Waals surface area contributed by atoms with Crippen molar-refractivity contribution in [3.8, 4) is 0 Å². The van der Waals surface area contributed by atoms with E-state index in [0.29, 0.717) is 13.0 Å². The Morgan fingerprint density at radius 1 is 1.52 bits per heavy atom. The lowest BCUT2D eigenvalue weighted by Crippen LogP contribution is -2.53. The van der Waals surface area contributed by atoms with E-state index in [1.165, 1.54) is 17.7 Å². The van der Waals surface area contributed by atoms with Crippen LogP contribution in [0.25, 0.3) is 0 Å². The van der Waals surface area contributed by atoms with E-state index in [1.807, 2.05) is 6.92 Å². The highest BCUT2D eigenvalue weighted by atomic mass is 32.1. The van der Waals surface area contributed by atoms with Crippen LogP contribution in [0.4, 0.5) is 0 Å². The molecule has 0 aromatic carbocycles. The van der Waals surface area contributed by atoms with Crippen LogP contribution < -0.4 is 11.1 Å². The van der Waals surface area contributed by atoms with Gasteiger partial charge in [-0.3, -0.25) is 9.69 Å². The Morgan fingerprint density at radius 2 is 2.22 bits per heavy atom. The molecule has 1 aliphatic heterocycles. The standard InChI is InChI=1S/C18H31N3OS/c1-4-9-18(3,19)17(22)20-13-15(16-6-5-12-23-16)21-10-7-14(2)8-11-21/h5-6,12,14-15H,4,7-11,13,19H2,1-3H3,(H,20,22). The Balaban J connectivity index is 2.00. The second-order valence-electron chi connectivity index (χ2n) is 7.13. The monoisotopic (exact) mass is 337 g/mol. The third-order valence-corrected chi connectivity index (χ3v) is 5.85. The number of thiophene rings is 1. The van der Waals surface area contributed by atoms with Crippen molar-refractivity contribution in [2.45, 2.75) is 58.0 Å². The molecule has 0 radical (unpaired) electrons. The number of carbonyl (C=O) groups is 1. The van der Waals surface area contributed by atoms with Crippen molar-refractivity contribution in [2.24, 2.45) is 11.7 Å². The molecular formula is C18H31N3OS. The van der Waals surface area contributed by atoms with E-state index in [4.69, 9.17) is 5.73 Å². The summed E-state index contributed by atoms with van der Waals surface area (Å²) >= 11 is 1.77. The molecule has 0 spiro atoms. The van der Waals surface area contributed by atoms with Crippen molar-refractivity contribution in [3.63, 3.8) is 0 Å². The number of nitrogens with zero attached hydrogens (tertiary/aromatic N) is 1. The first-order valence-electron chi connectivity index (χ1n) is 8.78. The highest BCUT2D eigenvalue weighted by molar-refractivity contribution is 7.10. The minimum Gasteiger partial charge on any atom is -0.353 e. The molecule has 1 amide bonds. The molecule has 23 heavy (non-hydrogen) atoms. The number of rotatable bonds is 7. The smallest absolute Gasteiger partial charge is 0.239 e. The van der Waals surface area contributed by atoms with Gasteiger partial charge in [0.1, 0.15) is 0 Å². The summed E-state index contributed by atoms with van der Waals surface area (Å²) < 4.78 is 0. The van der Waals surface area contributed by atoms with E-state index in [1.54, 1.807) is 11.3 Å². The van der Waals surface area contributed by atoms with Gasteiger partial charge in [0, 0.05) is 11.4 Å². The lowest BCUT2D eigenvalue weighted by molar-refractivity contribution is -0.126. The Hall–Kier alpha value is -0.910. The zero-order valence-electron chi connectivity index (χ0n) is 14.7. The van der Waals surface area contributed by atoms with E-state index in [2.05, 4.69) is 41.6 Å². The Morgan fingerprint density at radius 3 is 2.78 bits per heavy atom. The van der Waals surface area contributed by atoms with Crippen molar-refractivity contribution in [1.82, 2.24) is 10.2 Å². The first-order valence-corrected chi connectivity index (χ1v) is 9.66.